The van der Waals surface area contributed by atoms with Gasteiger partial charge < -0.3 is 20.4 Å². The van der Waals surface area contributed by atoms with Crippen molar-refractivity contribution in [1.29, 1.82) is 0 Å². The third-order valence-electron chi connectivity index (χ3n) is 12.0. The minimum absolute atomic E-state index is 0.0695. The van der Waals surface area contributed by atoms with E-state index in [1.807, 2.05) is 95.3 Å². The van der Waals surface area contributed by atoms with Gasteiger partial charge in [0.05, 0.1) is 12.1 Å². The molecule has 2 unspecified atom stereocenters. The summed E-state index contributed by atoms with van der Waals surface area (Å²) in [6.45, 7) is 15.5. The molecule has 0 bridgehead atoms. The summed E-state index contributed by atoms with van der Waals surface area (Å²) < 4.78 is 0. The molecule has 2 aromatic rings. The Morgan fingerprint density at radius 1 is 0.684 bits per heavy atom. The zero-order chi connectivity index (χ0) is 41.4. The van der Waals surface area contributed by atoms with Gasteiger partial charge in [0.2, 0.25) is 11.8 Å². The molecule has 0 aromatic heterocycles. The van der Waals surface area contributed by atoms with Crippen molar-refractivity contribution in [2.45, 2.75) is 130 Å². The van der Waals surface area contributed by atoms with Crippen LogP contribution in [0.1, 0.15) is 116 Å². The molecule has 314 valence electrons. The number of unbranched alkanes of at least 4 members (excludes halogenated alkanes) is 2. The maximum absolute atomic E-state index is 14.3. The minimum Gasteiger partial charge on any atom is -0.346 e. The maximum Gasteiger partial charge on any atom is 0.224 e. The lowest BCUT2D eigenvalue weighted by Crippen LogP contribution is -2.49. The highest BCUT2D eigenvalue weighted by Crippen LogP contribution is 2.47. The summed E-state index contributed by atoms with van der Waals surface area (Å²) in [5, 5.41) is 6.18. The molecule has 0 spiro atoms. The highest BCUT2D eigenvalue weighted by atomic mass is 16.2. The Morgan fingerprint density at radius 3 is 1.84 bits per heavy atom. The van der Waals surface area contributed by atoms with Gasteiger partial charge in [-0.2, -0.15) is 0 Å². The lowest BCUT2D eigenvalue weighted by atomic mass is 9.87. The molecule has 4 atom stereocenters. The summed E-state index contributed by atoms with van der Waals surface area (Å²) in [6, 6.07) is 18.2. The average molecular weight is 785 g/mol. The van der Waals surface area contributed by atoms with E-state index in [1.54, 1.807) is 0 Å². The third-order valence-corrected chi connectivity index (χ3v) is 12.0. The van der Waals surface area contributed by atoms with E-state index >= 15 is 0 Å². The molecule has 2 N–H and O–H groups in total. The van der Waals surface area contributed by atoms with Crippen LogP contribution in [-0.2, 0) is 36.8 Å². The van der Waals surface area contributed by atoms with Gasteiger partial charge in [0.1, 0.15) is 5.78 Å². The summed E-state index contributed by atoms with van der Waals surface area (Å²) in [7, 11) is 2.16. The molecule has 2 aliphatic rings. The number of ketones is 3. The van der Waals surface area contributed by atoms with Crippen LogP contribution in [0.25, 0.3) is 0 Å². The maximum atomic E-state index is 14.3. The first-order chi connectivity index (χ1) is 27.2. The number of carbonyl (C=O) groups excluding carboxylic acids is 5. The molecule has 4 rings (SSSR count). The SMILES string of the molecule is CC(C)CC(NC(=O)C(CC(=O)[C@H](CC(C)C)NC(=O)[C@H](CCc1ccccc1)CC(=O)CCCCCN1CCN(C)CC1)Cc1ccccc1)C(=O)C1(C)CC1. The average Bonchev–Trinajstić information content (AvgIpc) is 3.94. The van der Waals surface area contributed by atoms with Crippen molar-refractivity contribution in [2.75, 3.05) is 39.8 Å². The summed E-state index contributed by atoms with van der Waals surface area (Å²) in [6.07, 6.45) is 7.46. The molecule has 9 nitrogen and oxygen atoms in total. The molecule has 2 fully saturated rings. The van der Waals surface area contributed by atoms with Crippen LogP contribution >= 0.6 is 0 Å². The van der Waals surface area contributed by atoms with Crippen molar-refractivity contribution in [3.63, 3.8) is 0 Å². The Hall–Kier alpha value is -3.69. The van der Waals surface area contributed by atoms with E-state index in [1.165, 1.54) is 0 Å². The quantitative estimate of drug-likeness (QED) is 0.0967. The van der Waals surface area contributed by atoms with Crippen molar-refractivity contribution in [3.8, 4) is 0 Å². The summed E-state index contributed by atoms with van der Waals surface area (Å²) in [5.74, 6) is -1.62. The Morgan fingerprint density at radius 2 is 1.25 bits per heavy atom. The first-order valence-electron chi connectivity index (χ1n) is 21.9. The van der Waals surface area contributed by atoms with Gasteiger partial charge in [-0.3, -0.25) is 24.0 Å². The molecule has 1 heterocycles. The van der Waals surface area contributed by atoms with E-state index in [4.69, 9.17) is 0 Å². The van der Waals surface area contributed by atoms with Crippen LogP contribution in [0.2, 0.25) is 0 Å². The predicted octanol–water partition coefficient (Wildman–Crippen LogP) is 7.25. The largest absolute Gasteiger partial charge is 0.346 e. The lowest BCUT2D eigenvalue weighted by molar-refractivity contribution is -0.135. The second-order valence-electron chi connectivity index (χ2n) is 18.3. The number of rotatable bonds is 26. The minimum atomic E-state index is -0.800. The van der Waals surface area contributed by atoms with Crippen LogP contribution in [0.15, 0.2) is 60.7 Å². The van der Waals surface area contributed by atoms with Gasteiger partial charge in [-0.05, 0) is 94.3 Å². The number of nitrogens with one attached hydrogen (secondary N) is 2. The predicted molar refractivity (Wildman–Crippen MR) is 229 cm³/mol. The Balaban J connectivity index is 1.44. The molecule has 1 saturated carbocycles. The van der Waals surface area contributed by atoms with Gasteiger partial charge in [-0.25, -0.2) is 0 Å². The summed E-state index contributed by atoms with van der Waals surface area (Å²) in [4.78, 5) is 74.4. The van der Waals surface area contributed by atoms with E-state index in [0.717, 1.165) is 76.0 Å². The smallest absolute Gasteiger partial charge is 0.224 e. The molecule has 57 heavy (non-hydrogen) atoms. The van der Waals surface area contributed by atoms with Crippen molar-refractivity contribution in [1.82, 2.24) is 20.4 Å². The van der Waals surface area contributed by atoms with Gasteiger partial charge in [0.25, 0.3) is 0 Å². The number of hydrogen-bond acceptors (Lipinski definition) is 7. The van der Waals surface area contributed by atoms with Crippen LogP contribution in [0, 0.1) is 29.1 Å². The Bertz CT molecular complexity index is 1570. The standard InChI is InChI=1S/C48H72N4O5/c1-35(2)30-42(44(54)34-40(32-38-18-12-8-13-19-38)47(57)50-43(31-36(3)4)45(55)48(5)23-24-48)49-46(56)39(22-21-37-16-10-7-11-17-37)33-41(53)20-14-9-15-25-52-28-26-51(6)27-29-52/h7-8,10-13,16-19,35-36,39-40,42-43H,9,14-15,20-34H2,1-6H3,(H,49,56)(H,50,57)/t39-,40?,42+,43?/m1/s1. The molecule has 0 radical (unpaired) electrons. The van der Waals surface area contributed by atoms with Gasteiger partial charge in [0, 0.05) is 62.7 Å². The van der Waals surface area contributed by atoms with E-state index < -0.39 is 29.3 Å². The van der Waals surface area contributed by atoms with Crippen molar-refractivity contribution < 1.29 is 24.0 Å². The zero-order valence-electron chi connectivity index (χ0n) is 35.9. The number of nitrogens with zero attached hydrogens (tertiary/aromatic N) is 2. The number of piperazine rings is 1. The molecule has 2 aromatic carbocycles. The fraction of sp³-hybridized carbons (Fsp3) is 0.646. The molecular formula is C48H72N4O5. The van der Waals surface area contributed by atoms with E-state index in [0.29, 0.717) is 38.5 Å². The van der Waals surface area contributed by atoms with Gasteiger partial charge in [-0.1, -0.05) is 102 Å². The van der Waals surface area contributed by atoms with E-state index in [9.17, 15) is 24.0 Å². The number of likely N-dealkylation sites (N-methyl/N-ethyl adjacent to an activating group) is 1. The number of amides is 2. The Labute approximate surface area is 343 Å². The first kappa shape index (κ1) is 46.0. The fourth-order valence-electron chi connectivity index (χ4n) is 8.01. The second kappa shape index (κ2) is 23.0. The topological polar surface area (TPSA) is 116 Å². The zero-order valence-corrected chi connectivity index (χ0v) is 35.9. The number of hydrogen-bond donors (Lipinski definition) is 2. The van der Waals surface area contributed by atoms with Crippen molar-refractivity contribution in [3.05, 3.63) is 71.8 Å². The van der Waals surface area contributed by atoms with E-state index in [2.05, 4.69) is 27.5 Å². The highest BCUT2D eigenvalue weighted by molar-refractivity contribution is 5.97. The van der Waals surface area contributed by atoms with Gasteiger partial charge in [-0.15, -0.1) is 0 Å². The first-order valence-corrected chi connectivity index (χ1v) is 21.9. The van der Waals surface area contributed by atoms with Crippen LogP contribution in [-0.4, -0.2) is 90.8 Å². The number of benzene rings is 2. The van der Waals surface area contributed by atoms with Crippen molar-refractivity contribution in [2.24, 2.45) is 29.1 Å². The molecule has 1 aliphatic carbocycles. The highest BCUT2D eigenvalue weighted by Gasteiger charge is 2.48. The van der Waals surface area contributed by atoms with Crippen LogP contribution in [0.5, 0.6) is 0 Å². The number of carbonyl (C=O) groups is 5. The number of aryl methyl sites for hydroxylation is 1. The normalized spacial score (nSPS) is 17.8. The monoisotopic (exact) mass is 785 g/mol. The van der Waals surface area contributed by atoms with Gasteiger partial charge in [0.15, 0.2) is 11.6 Å². The number of Topliss-reactive ketones (excluding diaryl/α,β-unsaturated/α-hetero) is 3. The summed E-state index contributed by atoms with van der Waals surface area (Å²) in [5.41, 5.74) is 1.63. The molecule has 9 heteroatoms. The van der Waals surface area contributed by atoms with Crippen LogP contribution < -0.4 is 10.6 Å². The Kier molecular flexibility index (Phi) is 18.6. The van der Waals surface area contributed by atoms with Gasteiger partial charge >= 0.3 is 0 Å². The van der Waals surface area contributed by atoms with Crippen molar-refractivity contribution >= 4 is 29.2 Å². The molecule has 1 aliphatic heterocycles. The molecular weight excluding hydrogens is 713 g/mol. The molecule has 1 saturated heterocycles. The lowest BCUT2D eigenvalue weighted by Gasteiger charge is -2.32. The third kappa shape index (κ3) is 16.2. The summed E-state index contributed by atoms with van der Waals surface area (Å²) >= 11 is 0. The molecule has 2 amide bonds. The fourth-order valence-corrected chi connectivity index (χ4v) is 8.01. The van der Waals surface area contributed by atoms with Crippen LogP contribution in [0.3, 0.4) is 0 Å². The second-order valence-corrected chi connectivity index (χ2v) is 18.3. The van der Waals surface area contributed by atoms with Crippen LogP contribution in [0.4, 0.5) is 0 Å². The van der Waals surface area contributed by atoms with E-state index in [-0.39, 0.29) is 53.8 Å².